The number of benzene rings is 1. The molecule has 2 N–H and O–H groups in total. The van der Waals surface area contributed by atoms with E-state index in [0.717, 1.165) is 42.8 Å². The third-order valence-electron chi connectivity index (χ3n) is 3.69. The molecule has 0 aliphatic carbocycles. The Kier molecular flexibility index (Phi) is 7.08. The Morgan fingerprint density at radius 3 is 2.88 bits per heavy atom. The average molecular weight is 327 g/mol. The van der Waals surface area contributed by atoms with E-state index in [-0.39, 0.29) is 5.91 Å². The predicted molar refractivity (Wildman–Crippen MR) is 96.7 cm³/mol. The molecule has 0 aliphatic heterocycles. The topological polar surface area (TPSA) is 63.2 Å². The lowest BCUT2D eigenvalue weighted by molar-refractivity contribution is 0.0954. The van der Waals surface area contributed by atoms with E-state index in [1.807, 2.05) is 30.3 Å². The Labute approximate surface area is 143 Å². The van der Waals surface area contributed by atoms with Crippen molar-refractivity contribution in [3.05, 3.63) is 53.9 Å². The third-order valence-corrected chi connectivity index (χ3v) is 3.69. The van der Waals surface area contributed by atoms with Crippen LogP contribution in [0.1, 0.15) is 35.7 Å². The molecule has 1 aromatic heterocycles. The minimum atomic E-state index is -0.107. The normalized spacial score (nSPS) is 10.2. The summed E-state index contributed by atoms with van der Waals surface area (Å²) in [5.41, 5.74) is 2.58. The largest absolute Gasteiger partial charge is 0.497 e. The van der Waals surface area contributed by atoms with Crippen LogP contribution in [-0.4, -0.2) is 31.1 Å². The molecule has 0 spiro atoms. The van der Waals surface area contributed by atoms with Crippen molar-refractivity contribution >= 4 is 11.6 Å². The van der Waals surface area contributed by atoms with E-state index in [0.29, 0.717) is 12.1 Å². The van der Waals surface area contributed by atoms with Gasteiger partial charge in [0.1, 0.15) is 5.75 Å². The summed E-state index contributed by atoms with van der Waals surface area (Å²) in [6, 6.07) is 9.69. The van der Waals surface area contributed by atoms with Gasteiger partial charge in [0.05, 0.1) is 18.4 Å². The third kappa shape index (κ3) is 5.57. The second kappa shape index (κ2) is 9.55. The fourth-order valence-electron chi connectivity index (χ4n) is 2.32. The zero-order valence-electron chi connectivity index (χ0n) is 14.3. The molecule has 0 unspecified atom stereocenters. The molecule has 2 aromatic rings. The highest BCUT2D eigenvalue weighted by Crippen LogP contribution is 2.13. The lowest BCUT2D eigenvalue weighted by Crippen LogP contribution is -2.25. The summed E-state index contributed by atoms with van der Waals surface area (Å²) in [6.07, 6.45) is 6.31. The molecule has 0 fully saturated rings. The van der Waals surface area contributed by atoms with Crippen LogP contribution >= 0.6 is 0 Å². The Hall–Kier alpha value is -2.56. The number of aromatic nitrogens is 1. The number of ether oxygens (including phenoxy) is 1. The summed E-state index contributed by atoms with van der Waals surface area (Å²) in [6.45, 7) is 3.60. The van der Waals surface area contributed by atoms with Gasteiger partial charge in [-0.2, -0.15) is 0 Å². The summed E-state index contributed by atoms with van der Waals surface area (Å²) in [4.78, 5) is 16.4. The predicted octanol–water partition coefficient (Wildman–Crippen LogP) is 3.27. The number of hydrogen-bond donors (Lipinski definition) is 2. The average Bonchev–Trinajstić information content (AvgIpc) is 2.62. The van der Waals surface area contributed by atoms with Gasteiger partial charge < -0.3 is 15.4 Å². The Morgan fingerprint density at radius 1 is 1.21 bits per heavy atom. The first-order valence-electron chi connectivity index (χ1n) is 8.33. The standard InChI is InChI=1S/C19H25N3O2/c1-3-4-9-21-17-12-16(13-20-14-17)19(23)22-10-8-15-6-5-7-18(11-15)24-2/h5-7,11-14,21H,3-4,8-10H2,1-2H3,(H,22,23). The summed E-state index contributed by atoms with van der Waals surface area (Å²) in [7, 11) is 1.65. The highest BCUT2D eigenvalue weighted by molar-refractivity contribution is 5.94. The van der Waals surface area contributed by atoms with Gasteiger partial charge in [-0.25, -0.2) is 0 Å². The number of methoxy groups -OCH3 is 1. The Balaban J connectivity index is 1.84. The number of carbonyl (C=O) groups is 1. The SMILES string of the molecule is CCCCNc1cncc(C(=O)NCCc2cccc(OC)c2)c1. The number of nitrogens with one attached hydrogen (secondary N) is 2. The molecule has 2 rings (SSSR count). The van der Waals surface area contributed by atoms with Gasteiger partial charge >= 0.3 is 0 Å². The van der Waals surface area contributed by atoms with Crippen molar-refractivity contribution in [3.63, 3.8) is 0 Å². The van der Waals surface area contributed by atoms with Crippen LogP contribution in [0, 0.1) is 0 Å². The molecule has 24 heavy (non-hydrogen) atoms. The minimum absolute atomic E-state index is 0.107. The van der Waals surface area contributed by atoms with Gasteiger partial charge in [-0.15, -0.1) is 0 Å². The summed E-state index contributed by atoms with van der Waals surface area (Å²) >= 11 is 0. The maximum Gasteiger partial charge on any atom is 0.252 e. The lowest BCUT2D eigenvalue weighted by atomic mass is 10.1. The van der Waals surface area contributed by atoms with Crippen LogP contribution in [0.25, 0.3) is 0 Å². The number of carbonyl (C=O) groups excluding carboxylic acids is 1. The van der Waals surface area contributed by atoms with E-state index in [9.17, 15) is 4.79 Å². The zero-order valence-corrected chi connectivity index (χ0v) is 14.3. The van der Waals surface area contributed by atoms with Gasteiger partial charge in [0, 0.05) is 25.5 Å². The van der Waals surface area contributed by atoms with Gasteiger partial charge in [-0.3, -0.25) is 9.78 Å². The van der Waals surface area contributed by atoms with Crippen LogP contribution in [-0.2, 0) is 6.42 Å². The molecule has 5 heteroatoms. The van der Waals surface area contributed by atoms with Crippen molar-refractivity contribution in [1.29, 1.82) is 0 Å². The smallest absolute Gasteiger partial charge is 0.252 e. The van der Waals surface area contributed by atoms with E-state index in [4.69, 9.17) is 4.74 Å². The Morgan fingerprint density at radius 2 is 2.08 bits per heavy atom. The van der Waals surface area contributed by atoms with Crippen molar-refractivity contribution in [3.8, 4) is 5.75 Å². The van der Waals surface area contributed by atoms with E-state index < -0.39 is 0 Å². The molecule has 0 saturated heterocycles. The van der Waals surface area contributed by atoms with Crippen molar-refractivity contribution in [2.75, 3.05) is 25.5 Å². The number of pyridine rings is 1. The van der Waals surface area contributed by atoms with E-state index >= 15 is 0 Å². The fraction of sp³-hybridized carbons (Fsp3) is 0.368. The molecule has 128 valence electrons. The first-order valence-corrected chi connectivity index (χ1v) is 8.33. The molecule has 1 aromatic carbocycles. The number of nitrogens with zero attached hydrogens (tertiary/aromatic N) is 1. The molecule has 0 aliphatic rings. The van der Waals surface area contributed by atoms with Crippen molar-refractivity contribution in [2.45, 2.75) is 26.2 Å². The van der Waals surface area contributed by atoms with Crippen molar-refractivity contribution < 1.29 is 9.53 Å². The molecular weight excluding hydrogens is 302 g/mol. The summed E-state index contributed by atoms with van der Waals surface area (Å²) in [5, 5.41) is 6.21. The van der Waals surface area contributed by atoms with Gasteiger partial charge in [0.15, 0.2) is 0 Å². The zero-order chi connectivity index (χ0) is 17.2. The van der Waals surface area contributed by atoms with Crippen LogP contribution in [0.5, 0.6) is 5.75 Å². The van der Waals surface area contributed by atoms with Crippen LogP contribution in [0.15, 0.2) is 42.7 Å². The van der Waals surface area contributed by atoms with Crippen molar-refractivity contribution in [2.24, 2.45) is 0 Å². The van der Waals surface area contributed by atoms with Gasteiger partial charge in [-0.05, 0) is 36.6 Å². The molecular formula is C19H25N3O2. The number of hydrogen-bond acceptors (Lipinski definition) is 4. The second-order valence-electron chi connectivity index (χ2n) is 5.60. The number of anilines is 1. The van der Waals surface area contributed by atoms with Gasteiger partial charge in [0.2, 0.25) is 0 Å². The van der Waals surface area contributed by atoms with E-state index in [1.165, 1.54) is 0 Å². The summed E-state index contributed by atoms with van der Waals surface area (Å²) in [5.74, 6) is 0.721. The maximum absolute atomic E-state index is 12.2. The maximum atomic E-state index is 12.2. The van der Waals surface area contributed by atoms with Crippen molar-refractivity contribution in [1.82, 2.24) is 10.3 Å². The number of rotatable bonds is 9. The molecule has 1 heterocycles. The summed E-state index contributed by atoms with van der Waals surface area (Å²) < 4.78 is 5.20. The number of unbranched alkanes of at least 4 members (excludes halogenated alkanes) is 1. The van der Waals surface area contributed by atoms with Crippen LogP contribution in [0.2, 0.25) is 0 Å². The first-order chi connectivity index (χ1) is 11.7. The minimum Gasteiger partial charge on any atom is -0.497 e. The molecule has 0 atom stereocenters. The molecule has 1 amide bonds. The van der Waals surface area contributed by atoms with E-state index in [2.05, 4.69) is 22.5 Å². The molecule has 5 nitrogen and oxygen atoms in total. The van der Waals surface area contributed by atoms with E-state index in [1.54, 1.807) is 19.5 Å². The number of amides is 1. The van der Waals surface area contributed by atoms with Gasteiger partial charge in [0.25, 0.3) is 5.91 Å². The van der Waals surface area contributed by atoms with Crippen LogP contribution < -0.4 is 15.4 Å². The Bertz CT molecular complexity index is 659. The highest BCUT2D eigenvalue weighted by Gasteiger charge is 2.06. The quantitative estimate of drug-likeness (QED) is 0.694. The molecule has 0 radical (unpaired) electrons. The highest BCUT2D eigenvalue weighted by atomic mass is 16.5. The van der Waals surface area contributed by atoms with Crippen LogP contribution in [0.3, 0.4) is 0 Å². The second-order valence-corrected chi connectivity index (χ2v) is 5.60. The monoisotopic (exact) mass is 327 g/mol. The first kappa shape index (κ1) is 17.8. The lowest BCUT2D eigenvalue weighted by Gasteiger charge is -2.09. The molecule has 0 bridgehead atoms. The molecule has 0 saturated carbocycles. The van der Waals surface area contributed by atoms with Gasteiger partial charge in [-0.1, -0.05) is 25.5 Å². The van der Waals surface area contributed by atoms with Crippen LogP contribution in [0.4, 0.5) is 5.69 Å². The fourth-order valence-corrected chi connectivity index (χ4v) is 2.32.